The lowest BCUT2D eigenvalue weighted by molar-refractivity contribution is -0.0307. The molecule has 1 N–H and O–H groups in total. The van der Waals surface area contributed by atoms with Crippen LogP contribution in [0.25, 0.3) is 0 Å². The van der Waals surface area contributed by atoms with E-state index in [1.165, 1.54) is 5.56 Å². The van der Waals surface area contributed by atoms with E-state index in [-0.39, 0.29) is 11.6 Å². The Hall–Kier alpha value is -1.35. The Morgan fingerprint density at radius 3 is 2.40 bits per heavy atom. The lowest BCUT2D eigenvalue weighted by Crippen LogP contribution is -2.50. The van der Waals surface area contributed by atoms with Crippen LogP contribution >= 0.6 is 11.6 Å². The number of hydrogen-bond donors (Lipinski definition) is 1. The summed E-state index contributed by atoms with van der Waals surface area (Å²) in [5.74, 6) is 0. The fraction of sp³-hybridized carbons (Fsp3) is 0.294. The number of halogens is 1. The molecule has 0 aromatic heterocycles. The van der Waals surface area contributed by atoms with Gasteiger partial charge in [0.1, 0.15) is 0 Å². The van der Waals surface area contributed by atoms with Crippen LogP contribution in [0.5, 0.6) is 0 Å². The zero-order valence-electron chi connectivity index (χ0n) is 11.5. The maximum atomic E-state index is 6.07. The van der Waals surface area contributed by atoms with Gasteiger partial charge in [0, 0.05) is 11.6 Å². The molecule has 0 aliphatic carbocycles. The van der Waals surface area contributed by atoms with Crippen LogP contribution in [0.1, 0.15) is 24.2 Å². The van der Waals surface area contributed by atoms with E-state index in [4.69, 9.17) is 16.3 Å². The molecule has 0 spiro atoms. The number of nitrogens with one attached hydrogen (secondary N) is 1. The molecule has 2 aromatic carbocycles. The van der Waals surface area contributed by atoms with Crippen molar-refractivity contribution in [3.63, 3.8) is 0 Å². The van der Waals surface area contributed by atoms with E-state index in [1.54, 1.807) is 0 Å². The predicted molar refractivity (Wildman–Crippen MR) is 81.9 cm³/mol. The van der Waals surface area contributed by atoms with Gasteiger partial charge in [-0.1, -0.05) is 54.1 Å². The molecule has 1 aliphatic heterocycles. The summed E-state index contributed by atoms with van der Waals surface area (Å²) in [6.45, 7) is 3.64. The summed E-state index contributed by atoms with van der Waals surface area (Å²) in [5.41, 5.74) is 2.30. The minimum absolute atomic E-state index is 0.0871. The molecule has 2 aromatic rings. The molecule has 104 valence electrons. The third-order valence-electron chi connectivity index (χ3n) is 3.90. The zero-order valence-corrected chi connectivity index (χ0v) is 12.2. The van der Waals surface area contributed by atoms with Crippen molar-refractivity contribution in [2.24, 2.45) is 0 Å². The molecule has 0 amide bonds. The van der Waals surface area contributed by atoms with Crippen molar-refractivity contribution in [2.45, 2.75) is 18.6 Å². The van der Waals surface area contributed by atoms with Gasteiger partial charge in [-0.3, -0.25) is 0 Å². The first kappa shape index (κ1) is 13.6. The smallest absolute Gasteiger partial charge is 0.0950 e. The van der Waals surface area contributed by atoms with Gasteiger partial charge < -0.3 is 10.1 Å². The molecule has 1 saturated heterocycles. The van der Waals surface area contributed by atoms with Crippen LogP contribution in [0.4, 0.5) is 0 Å². The van der Waals surface area contributed by atoms with Crippen molar-refractivity contribution in [2.75, 3.05) is 13.2 Å². The first-order valence-electron chi connectivity index (χ1n) is 6.85. The number of morpholine rings is 1. The van der Waals surface area contributed by atoms with Gasteiger partial charge in [-0.15, -0.1) is 0 Å². The van der Waals surface area contributed by atoms with Gasteiger partial charge in [0.05, 0.1) is 18.2 Å². The Morgan fingerprint density at radius 2 is 1.80 bits per heavy atom. The summed E-state index contributed by atoms with van der Waals surface area (Å²) < 4.78 is 6.07. The highest BCUT2D eigenvalue weighted by atomic mass is 35.5. The van der Waals surface area contributed by atoms with Crippen LogP contribution in [0.15, 0.2) is 54.6 Å². The normalized spacial score (nSPS) is 26.4. The number of ether oxygens (including phenoxy) is 1. The zero-order chi connectivity index (χ0) is 14.0. The van der Waals surface area contributed by atoms with Crippen LogP contribution in [0.3, 0.4) is 0 Å². The second-order valence-corrected chi connectivity index (χ2v) is 5.87. The lowest BCUT2D eigenvalue weighted by atomic mass is 9.91. The summed E-state index contributed by atoms with van der Waals surface area (Å²) in [6.07, 6.45) is 0.0871. The fourth-order valence-corrected chi connectivity index (χ4v) is 2.70. The number of rotatable bonds is 2. The van der Waals surface area contributed by atoms with E-state index in [9.17, 15) is 0 Å². The van der Waals surface area contributed by atoms with Crippen molar-refractivity contribution in [1.29, 1.82) is 0 Å². The van der Waals surface area contributed by atoms with Gasteiger partial charge >= 0.3 is 0 Å². The molecular formula is C17H18ClNO. The highest BCUT2D eigenvalue weighted by Crippen LogP contribution is 2.30. The lowest BCUT2D eigenvalue weighted by Gasteiger charge is -2.39. The fourth-order valence-electron chi connectivity index (χ4n) is 2.58. The van der Waals surface area contributed by atoms with Gasteiger partial charge in [0.25, 0.3) is 0 Å². The molecule has 2 unspecified atom stereocenters. The van der Waals surface area contributed by atoms with Gasteiger partial charge in [-0.2, -0.15) is 0 Å². The molecule has 1 fully saturated rings. The summed E-state index contributed by atoms with van der Waals surface area (Å²) in [5, 5.41) is 4.37. The first-order valence-corrected chi connectivity index (χ1v) is 7.23. The summed E-state index contributed by atoms with van der Waals surface area (Å²) in [7, 11) is 0. The Labute approximate surface area is 124 Å². The van der Waals surface area contributed by atoms with E-state index >= 15 is 0 Å². The van der Waals surface area contributed by atoms with Crippen LogP contribution in [0, 0.1) is 0 Å². The largest absolute Gasteiger partial charge is 0.370 e. The predicted octanol–water partition coefficient (Wildman–Crippen LogP) is 3.92. The van der Waals surface area contributed by atoms with E-state index in [1.807, 2.05) is 30.3 Å². The molecule has 0 radical (unpaired) electrons. The van der Waals surface area contributed by atoms with Crippen LogP contribution in [-0.4, -0.2) is 13.2 Å². The average Bonchev–Trinajstić information content (AvgIpc) is 2.50. The van der Waals surface area contributed by atoms with Gasteiger partial charge in [-0.25, -0.2) is 0 Å². The molecule has 20 heavy (non-hydrogen) atoms. The molecule has 0 saturated carbocycles. The summed E-state index contributed by atoms with van der Waals surface area (Å²) in [6, 6.07) is 18.3. The van der Waals surface area contributed by atoms with Crippen LogP contribution in [0.2, 0.25) is 5.02 Å². The van der Waals surface area contributed by atoms with Crippen molar-refractivity contribution in [1.82, 2.24) is 5.32 Å². The first-order chi connectivity index (χ1) is 9.67. The molecule has 2 atom stereocenters. The Balaban J connectivity index is 1.72. The molecule has 0 bridgehead atoms. The molecule has 3 rings (SSSR count). The maximum absolute atomic E-state index is 6.07. The van der Waals surface area contributed by atoms with Crippen molar-refractivity contribution in [3.8, 4) is 0 Å². The van der Waals surface area contributed by atoms with Gasteiger partial charge in [0.2, 0.25) is 0 Å². The minimum Gasteiger partial charge on any atom is -0.370 e. The monoisotopic (exact) mass is 287 g/mol. The number of hydrogen-bond acceptors (Lipinski definition) is 2. The second-order valence-electron chi connectivity index (χ2n) is 5.43. The quantitative estimate of drug-likeness (QED) is 0.904. The van der Waals surface area contributed by atoms with Crippen LogP contribution in [-0.2, 0) is 10.3 Å². The van der Waals surface area contributed by atoms with Crippen molar-refractivity contribution < 1.29 is 4.74 Å². The molecule has 2 nitrogen and oxygen atoms in total. The molecule has 1 heterocycles. The Morgan fingerprint density at radius 1 is 1.10 bits per heavy atom. The second kappa shape index (κ2) is 5.57. The number of benzene rings is 2. The standard InChI is InChI=1S/C17H18ClNO/c1-17(14-5-3-2-4-6-14)12-20-16(11-19-17)13-7-9-15(18)10-8-13/h2-10,16,19H,11-12H2,1H3. The van der Waals surface area contributed by atoms with Crippen LogP contribution < -0.4 is 5.32 Å². The SMILES string of the molecule is CC1(c2ccccc2)COC(c2ccc(Cl)cc2)CN1. The minimum atomic E-state index is -0.121. The van der Waals surface area contributed by atoms with Crippen molar-refractivity contribution in [3.05, 3.63) is 70.7 Å². The molecular weight excluding hydrogens is 270 g/mol. The molecule has 1 aliphatic rings. The van der Waals surface area contributed by atoms with E-state index in [2.05, 4.69) is 36.5 Å². The third-order valence-corrected chi connectivity index (χ3v) is 4.16. The summed E-state index contributed by atoms with van der Waals surface area (Å²) in [4.78, 5) is 0. The van der Waals surface area contributed by atoms with Crippen molar-refractivity contribution >= 4 is 11.6 Å². The van der Waals surface area contributed by atoms with E-state index in [0.29, 0.717) is 6.61 Å². The highest BCUT2D eigenvalue weighted by Gasteiger charge is 2.33. The Kier molecular flexibility index (Phi) is 3.79. The van der Waals surface area contributed by atoms with Gasteiger partial charge in [0.15, 0.2) is 0 Å². The third kappa shape index (κ3) is 2.73. The summed E-state index contributed by atoms with van der Waals surface area (Å²) >= 11 is 5.92. The maximum Gasteiger partial charge on any atom is 0.0950 e. The highest BCUT2D eigenvalue weighted by molar-refractivity contribution is 6.30. The Bertz CT molecular complexity index is 559. The molecule has 3 heteroatoms. The topological polar surface area (TPSA) is 21.3 Å². The van der Waals surface area contributed by atoms with Gasteiger partial charge in [-0.05, 0) is 30.2 Å². The average molecular weight is 288 g/mol. The van der Waals surface area contributed by atoms with E-state index < -0.39 is 0 Å². The van der Waals surface area contributed by atoms with E-state index in [0.717, 1.165) is 17.1 Å².